The Morgan fingerprint density at radius 3 is 2.61 bits per heavy atom. The lowest BCUT2D eigenvalue weighted by Crippen LogP contribution is -2.32. The molecule has 0 spiro atoms. The normalized spacial score (nSPS) is 19.3. The highest BCUT2D eigenvalue weighted by Crippen LogP contribution is 2.29. The minimum atomic E-state index is -2.90. The molecule has 2 rings (SSSR count). The standard InChI is InChI=1S/C15H22N2O5S/c1-21-13-4-3-11(9-14(13)22-2)17-15(18)5-7-16-12-6-8-23(19,20)10-12/h3-4,9,12,16H,5-8,10H2,1-2H3,(H,17,18). The summed E-state index contributed by atoms with van der Waals surface area (Å²) in [6, 6.07) is 5.09. The van der Waals surface area contributed by atoms with Crippen molar-refractivity contribution >= 4 is 21.4 Å². The monoisotopic (exact) mass is 342 g/mol. The van der Waals surface area contributed by atoms with Gasteiger partial charge in [0.1, 0.15) is 0 Å². The van der Waals surface area contributed by atoms with E-state index < -0.39 is 9.84 Å². The van der Waals surface area contributed by atoms with Crippen LogP contribution in [0.15, 0.2) is 18.2 Å². The van der Waals surface area contributed by atoms with E-state index in [-0.39, 0.29) is 29.9 Å². The number of hydrogen-bond acceptors (Lipinski definition) is 6. The van der Waals surface area contributed by atoms with Crippen LogP contribution in [0.2, 0.25) is 0 Å². The highest BCUT2D eigenvalue weighted by atomic mass is 32.2. The van der Waals surface area contributed by atoms with Gasteiger partial charge in [0, 0.05) is 30.8 Å². The average Bonchev–Trinajstić information content (AvgIpc) is 2.86. The van der Waals surface area contributed by atoms with E-state index in [0.717, 1.165) is 0 Å². The van der Waals surface area contributed by atoms with Crippen LogP contribution < -0.4 is 20.1 Å². The number of sulfone groups is 1. The third-order valence-corrected chi connectivity index (χ3v) is 5.45. The minimum absolute atomic E-state index is 0.0473. The number of nitrogens with one attached hydrogen (secondary N) is 2. The zero-order valence-electron chi connectivity index (χ0n) is 13.3. The van der Waals surface area contributed by atoms with E-state index in [4.69, 9.17) is 9.47 Å². The maximum Gasteiger partial charge on any atom is 0.225 e. The summed E-state index contributed by atoms with van der Waals surface area (Å²) in [5.41, 5.74) is 0.621. The van der Waals surface area contributed by atoms with Crippen LogP contribution in [0.25, 0.3) is 0 Å². The quantitative estimate of drug-likeness (QED) is 0.762. The third kappa shape index (κ3) is 5.11. The molecule has 128 valence electrons. The summed E-state index contributed by atoms with van der Waals surface area (Å²) in [5, 5.41) is 5.89. The highest BCUT2D eigenvalue weighted by molar-refractivity contribution is 7.91. The van der Waals surface area contributed by atoms with Gasteiger partial charge in [-0.2, -0.15) is 0 Å². The summed E-state index contributed by atoms with van der Waals surface area (Å²) in [7, 11) is 0.180. The van der Waals surface area contributed by atoms with Gasteiger partial charge in [0.25, 0.3) is 0 Å². The van der Waals surface area contributed by atoms with Gasteiger partial charge < -0.3 is 20.1 Å². The van der Waals surface area contributed by atoms with E-state index in [9.17, 15) is 13.2 Å². The fourth-order valence-electron chi connectivity index (χ4n) is 2.48. The van der Waals surface area contributed by atoms with Crippen LogP contribution in [0.3, 0.4) is 0 Å². The van der Waals surface area contributed by atoms with Crippen molar-refractivity contribution in [3.63, 3.8) is 0 Å². The molecule has 1 amide bonds. The molecule has 1 heterocycles. The number of rotatable bonds is 7. The zero-order valence-corrected chi connectivity index (χ0v) is 14.1. The summed E-state index contributed by atoms with van der Waals surface area (Å²) in [6.07, 6.45) is 0.879. The van der Waals surface area contributed by atoms with Gasteiger partial charge in [0.15, 0.2) is 21.3 Å². The number of anilines is 1. The van der Waals surface area contributed by atoms with Gasteiger partial charge in [0.05, 0.1) is 25.7 Å². The largest absolute Gasteiger partial charge is 0.493 e. The fraction of sp³-hybridized carbons (Fsp3) is 0.533. The van der Waals surface area contributed by atoms with E-state index in [1.54, 1.807) is 25.3 Å². The van der Waals surface area contributed by atoms with Gasteiger partial charge in [-0.05, 0) is 18.6 Å². The molecule has 1 unspecified atom stereocenters. The number of methoxy groups -OCH3 is 2. The lowest BCUT2D eigenvalue weighted by molar-refractivity contribution is -0.116. The first-order valence-electron chi connectivity index (χ1n) is 7.39. The molecule has 0 radical (unpaired) electrons. The second-order valence-corrected chi connectivity index (χ2v) is 7.65. The predicted octanol–water partition coefficient (Wildman–Crippen LogP) is 0.809. The van der Waals surface area contributed by atoms with Crippen molar-refractivity contribution in [3.8, 4) is 11.5 Å². The maximum absolute atomic E-state index is 11.9. The van der Waals surface area contributed by atoms with Crippen LogP contribution in [0.1, 0.15) is 12.8 Å². The average molecular weight is 342 g/mol. The second kappa shape index (κ2) is 7.65. The van der Waals surface area contributed by atoms with Crippen molar-refractivity contribution in [2.45, 2.75) is 18.9 Å². The molecular weight excluding hydrogens is 320 g/mol. The Kier molecular flexibility index (Phi) is 5.84. The summed E-state index contributed by atoms with van der Waals surface area (Å²) >= 11 is 0. The molecule has 1 aromatic carbocycles. The van der Waals surface area contributed by atoms with Crippen LogP contribution in [0, 0.1) is 0 Å². The second-order valence-electron chi connectivity index (χ2n) is 5.42. The van der Waals surface area contributed by atoms with E-state index in [1.165, 1.54) is 7.11 Å². The van der Waals surface area contributed by atoms with Crippen LogP contribution in [-0.2, 0) is 14.6 Å². The molecule has 0 aliphatic carbocycles. The molecular formula is C15H22N2O5S. The zero-order chi connectivity index (χ0) is 16.9. The first kappa shape index (κ1) is 17.6. The SMILES string of the molecule is COc1ccc(NC(=O)CCNC2CCS(=O)(=O)C2)cc1OC. The topological polar surface area (TPSA) is 93.7 Å². The van der Waals surface area contributed by atoms with Gasteiger partial charge >= 0.3 is 0 Å². The third-order valence-electron chi connectivity index (χ3n) is 3.68. The molecule has 1 aromatic rings. The van der Waals surface area contributed by atoms with Crippen molar-refractivity contribution in [2.75, 3.05) is 37.6 Å². The summed E-state index contributed by atoms with van der Waals surface area (Å²) in [4.78, 5) is 11.9. The molecule has 8 heteroatoms. The fourth-order valence-corrected chi connectivity index (χ4v) is 4.19. The molecule has 0 aromatic heterocycles. The van der Waals surface area contributed by atoms with Gasteiger partial charge in [-0.3, -0.25) is 4.79 Å². The van der Waals surface area contributed by atoms with Crippen molar-refractivity contribution in [1.29, 1.82) is 0 Å². The van der Waals surface area contributed by atoms with Crippen LogP contribution in [-0.4, -0.2) is 52.6 Å². The number of carbonyl (C=O) groups is 1. The Morgan fingerprint density at radius 2 is 2.00 bits per heavy atom. The number of ether oxygens (including phenoxy) is 2. The van der Waals surface area contributed by atoms with Crippen molar-refractivity contribution in [2.24, 2.45) is 0 Å². The number of carbonyl (C=O) groups excluding carboxylic acids is 1. The lowest BCUT2D eigenvalue weighted by atomic mass is 10.2. The molecule has 1 saturated heterocycles. The molecule has 0 bridgehead atoms. The summed E-state index contributed by atoms with van der Waals surface area (Å²) in [5.74, 6) is 1.37. The summed E-state index contributed by atoms with van der Waals surface area (Å²) in [6.45, 7) is 0.444. The number of hydrogen-bond donors (Lipinski definition) is 2. The molecule has 23 heavy (non-hydrogen) atoms. The molecule has 2 N–H and O–H groups in total. The van der Waals surface area contributed by atoms with Crippen molar-refractivity contribution < 1.29 is 22.7 Å². The predicted molar refractivity (Wildman–Crippen MR) is 87.9 cm³/mol. The van der Waals surface area contributed by atoms with E-state index in [1.807, 2.05) is 0 Å². The smallest absolute Gasteiger partial charge is 0.225 e. The Balaban J connectivity index is 1.79. The molecule has 1 aliphatic heterocycles. The van der Waals surface area contributed by atoms with Gasteiger partial charge in [0.2, 0.25) is 5.91 Å². The van der Waals surface area contributed by atoms with Crippen molar-refractivity contribution in [1.82, 2.24) is 5.32 Å². The van der Waals surface area contributed by atoms with Gasteiger partial charge in [-0.25, -0.2) is 8.42 Å². The Hall–Kier alpha value is -1.80. The molecule has 0 saturated carbocycles. The number of amides is 1. The van der Waals surface area contributed by atoms with E-state index in [0.29, 0.717) is 30.2 Å². The highest BCUT2D eigenvalue weighted by Gasteiger charge is 2.27. The Morgan fingerprint density at radius 1 is 1.26 bits per heavy atom. The molecule has 1 fully saturated rings. The Labute approximate surface area is 136 Å². The summed E-state index contributed by atoms with van der Waals surface area (Å²) < 4.78 is 33.0. The van der Waals surface area contributed by atoms with Crippen LogP contribution in [0.4, 0.5) is 5.69 Å². The molecule has 1 atom stereocenters. The van der Waals surface area contributed by atoms with E-state index in [2.05, 4.69) is 10.6 Å². The first-order valence-corrected chi connectivity index (χ1v) is 9.21. The van der Waals surface area contributed by atoms with Gasteiger partial charge in [-0.1, -0.05) is 0 Å². The Bertz CT molecular complexity index is 660. The van der Waals surface area contributed by atoms with Crippen LogP contribution in [0.5, 0.6) is 11.5 Å². The van der Waals surface area contributed by atoms with Crippen LogP contribution >= 0.6 is 0 Å². The lowest BCUT2D eigenvalue weighted by Gasteiger charge is -2.12. The molecule has 7 nitrogen and oxygen atoms in total. The van der Waals surface area contributed by atoms with Gasteiger partial charge in [-0.15, -0.1) is 0 Å². The van der Waals surface area contributed by atoms with Crippen molar-refractivity contribution in [3.05, 3.63) is 18.2 Å². The van der Waals surface area contributed by atoms with E-state index >= 15 is 0 Å². The number of benzene rings is 1. The maximum atomic E-state index is 11.9. The first-order chi connectivity index (χ1) is 10.9. The molecule has 1 aliphatic rings. The minimum Gasteiger partial charge on any atom is -0.493 e.